The van der Waals surface area contributed by atoms with Crippen LogP contribution in [-0.4, -0.2) is 52.3 Å². The van der Waals surface area contributed by atoms with E-state index >= 15 is 0 Å². The summed E-state index contributed by atoms with van der Waals surface area (Å²) in [6, 6.07) is 3.84. The maximum atomic E-state index is 12.6. The quantitative estimate of drug-likeness (QED) is 0.851. The minimum absolute atomic E-state index is 0.125. The van der Waals surface area contributed by atoms with Gasteiger partial charge in [0.1, 0.15) is 5.76 Å². The second-order valence-electron chi connectivity index (χ2n) is 5.78. The molecule has 122 valence electrons. The molecule has 0 N–H and O–H groups in total. The van der Waals surface area contributed by atoms with E-state index in [0.29, 0.717) is 13.0 Å². The van der Waals surface area contributed by atoms with Gasteiger partial charge in [0, 0.05) is 37.9 Å². The molecule has 7 nitrogen and oxygen atoms in total. The predicted molar refractivity (Wildman–Crippen MR) is 85.1 cm³/mol. The minimum atomic E-state index is 0.125. The highest BCUT2D eigenvalue weighted by atomic mass is 16.5. The van der Waals surface area contributed by atoms with Gasteiger partial charge >= 0.3 is 0 Å². The number of aromatic nitrogens is 3. The van der Waals surface area contributed by atoms with Crippen molar-refractivity contribution >= 4 is 11.7 Å². The van der Waals surface area contributed by atoms with Crippen LogP contribution in [0.15, 0.2) is 22.9 Å². The Morgan fingerprint density at radius 1 is 1.26 bits per heavy atom. The van der Waals surface area contributed by atoms with E-state index in [0.717, 1.165) is 48.9 Å². The van der Waals surface area contributed by atoms with Crippen molar-refractivity contribution in [2.75, 3.05) is 31.1 Å². The number of amides is 1. The molecular weight excluding hydrogens is 294 g/mol. The van der Waals surface area contributed by atoms with Crippen LogP contribution in [0.1, 0.15) is 23.4 Å². The Balaban J connectivity index is 1.63. The Bertz CT molecular complexity index is 651. The number of hydrogen-bond donors (Lipinski definition) is 0. The lowest BCUT2D eigenvalue weighted by molar-refractivity contribution is -0.130. The van der Waals surface area contributed by atoms with Gasteiger partial charge in [-0.15, -0.1) is 5.10 Å². The summed E-state index contributed by atoms with van der Waals surface area (Å²) in [5.74, 6) is 1.72. The molecule has 0 atom stereocenters. The zero-order chi connectivity index (χ0) is 16.2. The van der Waals surface area contributed by atoms with E-state index in [9.17, 15) is 4.79 Å². The molecule has 1 aliphatic rings. The molecule has 23 heavy (non-hydrogen) atoms. The van der Waals surface area contributed by atoms with Gasteiger partial charge in [0.15, 0.2) is 5.82 Å². The average molecular weight is 315 g/mol. The summed E-state index contributed by atoms with van der Waals surface area (Å²) in [5.41, 5.74) is 1.71. The molecule has 1 fully saturated rings. The molecule has 0 radical (unpaired) electrons. The molecule has 0 aromatic carbocycles. The van der Waals surface area contributed by atoms with Crippen LogP contribution >= 0.6 is 0 Å². The Kier molecular flexibility index (Phi) is 4.55. The molecule has 0 aliphatic carbocycles. The number of carbonyl (C=O) groups excluding carboxylic acids is 1. The largest absolute Gasteiger partial charge is 0.361 e. The van der Waals surface area contributed by atoms with E-state index in [1.165, 1.54) is 0 Å². The van der Waals surface area contributed by atoms with Gasteiger partial charge in [-0.1, -0.05) is 5.16 Å². The summed E-state index contributed by atoms with van der Waals surface area (Å²) < 4.78 is 5.14. The number of nitrogens with zero attached hydrogens (tertiary/aromatic N) is 5. The Hall–Kier alpha value is -2.44. The maximum Gasteiger partial charge on any atom is 0.227 e. The van der Waals surface area contributed by atoms with Crippen molar-refractivity contribution in [3.05, 3.63) is 35.3 Å². The molecule has 7 heteroatoms. The smallest absolute Gasteiger partial charge is 0.227 e. The Labute approximate surface area is 135 Å². The molecule has 1 aliphatic heterocycles. The van der Waals surface area contributed by atoms with Crippen LogP contribution in [0.4, 0.5) is 5.82 Å². The highest BCUT2D eigenvalue weighted by Gasteiger charge is 2.22. The van der Waals surface area contributed by atoms with Gasteiger partial charge in [-0.3, -0.25) is 4.79 Å². The van der Waals surface area contributed by atoms with Crippen LogP contribution in [-0.2, 0) is 11.2 Å². The maximum absolute atomic E-state index is 12.6. The molecule has 0 bridgehead atoms. The van der Waals surface area contributed by atoms with Crippen molar-refractivity contribution in [1.29, 1.82) is 0 Å². The van der Waals surface area contributed by atoms with Crippen molar-refractivity contribution in [1.82, 2.24) is 20.3 Å². The van der Waals surface area contributed by atoms with Crippen LogP contribution in [0.5, 0.6) is 0 Å². The van der Waals surface area contributed by atoms with Crippen molar-refractivity contribution in [3.8, 4) is 0 Å². The van der Waals surface area contributed by atoms with Crippen LogP contribution in [0.3, 0.4) is 0 Å². The Morgan fingerprint density at radius 2 is 2.13 bits per heavy atom. The van der Waals surface area contributed by atoms with Gasteiger partial charge < -0.3 is 14.3 Å². The second kappa shape index (κ2) is 6.76. The van der Waals surface area contributed by atoms with Gasteiger partial charge in [-0.05, 0) is 32.4 Å². The van der Waals surface area contributed by atoms with Crippen molar-refractivity contribution in [2.24, 2.45) is 0 Å². The monoisotopic (exact) mass is 315 g/mol. The molecular formula is C16H21N5O2. The predicted octanol–water partition coefficient (Wildman–Crippen LogP) is 1.36. The first-order valence-corrected chi connectivity index (χ1v) is 7.87. The molecule has 1 saturated heterocycles. The molecule has 3 rings (SSSR count). The Morgan fingerprint density at radius 3 is 2.83 bits per heavy atom. The van der Waals surface area contributed by atoms with Crippen LogP contribution in [0.2, 0.25) is 0 Å². The van der Waals surface area contributed by atoms with Gasteiger partial charge in [0.2, 0.25) is 5.91 Å². The topological polar surface area (TPSA) is 75.4 Å². The van der Waals surface area contributed by atoms with Gasteiger partial charge in [-0.25, -0.2) is 0 Å². The lowest BCUT2D eigenvalue weighted by Crippen LogP contribution is -2.36. The first-order valence-electron chi connectivity index (χ1n) is 7.87. The summed E-state index contributed by atoms with van der Waals surface area (Å²) in [6.07, 6.45) is 2.94. The van der Waals surface area contributed by atoms with Crippen LogP contribution in [0.25, 0.3) is 0 Å². The fourth-order valence-corrected chi connectivity index (χ4v) is 2.88. The lowest BCUT2D eigenvalue weighted by Gasteiger charge is -2.22. The first-order chi connectivity index (χ1) is 11.1. The van der Waals surface area contributed by atoms with Crippen LogP contribution < -0.4 is 4.90 Å². The van der Waals surface area contributed by atoms with E-state index in [-0.39, 0.29) is 5.91 Å². The minimum Gasteiger partial charge on any atom is -0.361 e. The highest BCUT2D eigenvalue weighted by molar-refractivity contribution is 5.79. The summed E-state index contributed by atoms with van der Waals surface area (Å²) in [4.78, 5) is 16.7. The van der Waals surface area contributed by atoms with Crippen molar-refractivity contribution < 1.29 is 9.32 Å². The second-order valence-corrected chi connectivity index (χ2v) is 5.78. The van der Waals surface area contributed by atoms with Crippen molar-refractivity contribution in [2.45, 2.75) is 26.7 Å². The summed E-state index contributed by atoms with van der Waals surface area (Å²) in [5, 5.41) is 12.0. The highest BCUT2D eigenvalue weighted by Crippen LogP contribution is 2.16. The molecule has 2 aromatic rings. The third-order valence-corrected chi connectivity index (χ3v) is 4.24. The van der Waals surface area contributed by atoms with Crippen molar-refractivity contribution in [3.63, 3.8) is 0 Å². The van der Waals surface area contributed by atoms with E-state index in [4.69, 9.17) is 4.52 Å². The van der Waals surface area contributed by atoms with E-state index < -0.39 is 0 Å². The molecule has 2 aromatic heterocycles. The first kappa shape index (κ1) is 15.5. The van der Waals surface area contributed by atoms with Gasteiger partial charge in [0.25, 0.3) is 0 Å². The fraction of sp³-hybridized carbons (Fsp3) is 0.500. The average Bonchev–Trinajstić information content (AvgIpc) is 2.79. The van der Waals surface area contributed by atoms with E-state index in [1.54, 1.807) is 6.20 Å². The van der Waals surface area contributed by atoms with E-state index in [1.807, 2.05) is 30.9 Å². The normalized spacial score (nSPS) is 15.6. The lowest BCUT2D eigenvalue weighted by atomic mass is 10.1. The van der Waals surface area contributed by atoms with E-state index in [2.05, 4.69) is 20.3 Å². The molecule has 0 unspecified atom stereocenters. The number of anilines is 1. The molecule has 3 heterocycles. The third-order valence-electron chi connectivity index (χ3n) is 4.24. The summed E-state index contributed by atoms with van der Waals surface area (Å²) in [7, 11) is 0. The number of rotatable bonds is 3. The molecule has 0 saturated carbocycles. The fourth-order valence-electron chi connectivity index (χ4n) is 2.88. The summed E-state index contributed by atoms with van der Waals surface area (Å²) >= 11 is 0. The summed E-state index contributed by atoms with van der Waals surface area (Å²) in [6.45, 7) is 6.83. The zero-order valence-electron chi connectivity index (χ0n) is 13.5. The van der Waals surface area contributed by atoms with Gasteiger partial charge in [0.05, 0.1) is 12.1 Å². The SMILES string of the molecule is Cc1noc(C)c1CC(=O)N1CCCN(c2cccnn2)CC1. The number of carbonyl (C=O) groups is 1. The van der Waals surface area contributed by atoms with Crippen LogP contribution in [0, 0.1) is 13.8 Å². The molecule has 1 amide bonds. The third kappa shape index (κ3) is 3.49. The standard InChI is InChI=1S/C16H21N5O2/c1-12-14(13(2)23-19-12)11-16(22)21-8-4-7-20(9-10-21)15-5-3-6-17-18-15/h3,5-6H,4,7-11H2,1-2H3. The molecule has 0 spiro atoms. The van der Waals surface area contributed by atoms with Gasteiger partial charge in [-0.2, -0.15) is 5.10 Å². The number of hydrogen-bond acceptors (Lipinski definition) is 6. The number of aryl methyl sites for hydroxylation is 2. The zero-order valence-corrected chi connectivity index (χ0v) is 13.5.